The average molecular weight is 458 g/mol. The molecule has 2 aromatic carbocycles. The first-order chi connectivity index (χ1) is 16.3. The van der Waals surface area contributed by atoms with Crippen molar-refractivity contribution in [2.75, 3.05) is 17.7 Å². The van der Waals surface area contributed by atoms with Gasteiger partial charge in [0.15, 0.2) is 17.2 Å². The van der Waals surface area contributed by atoms with Crippen molar-refractivity contribution < 1.29 is 14.0 Å². The molecule has 2 heterocycles. The molecule has 0 aliphatic heterocycles. The maximum Gasteiger partial charge on any atom is 0.330 e. The lowest BCUT2D eigenvalue weighted by Gasteiger charge is -2.19. The third-order valence-electron chi connectivity index (χ3n) is 5.43. The van der Waals surface area contributed by atoms with E-state index in [4.69, 9.17) is 10.2 Å². The van der Waals surface area contributed by atoms with Crippen LogP contribution in [0.2, 0.25) is 0 Å². The second-order valence-corrected chi connectivity index (χ2v) is 7.73. The summed E-state index contributed by atoms with van der Waals surface area (Å²) >= 11 is 0. The fourth-order valence-electron chi connectivity index (χ4n) is 3.57. The number of furan rings is 1. The summed E-state index contributed by atoms with van der Waals surface area (Å²) in [6.07, 6.45) is 0. The van der Waals surface area contributed by atoms with E-state index in [9.17, 15) is 19.2 Å². The average Bonchev–Trinajstić information content (AvgIpc) is 3.32. The van der Waals surface area contributed by atoms with Gasteiger partial charge in [-0.1, -0.05) is 54.6 Å². The van der Waals surface area contributed by atoms with E-state index in [-0.39, 0.29) is 29.6 Å². The predicted octanol–water partition coefficient (Wildman–Crippen LogP) is 2.91. The quantitative estimate of drug-likeness (QED) is 0.427. The Hall–Kier alpha value is -4.66. The van der Waals surface area contributed by atoms with Crippen LogP contribution in [0.4, 0.5) is 11.5 Å². The minimum atomic E-state index is -0.783. The summed E-state index contributed by atoms with van der Waals surface area (Å²) in [7, 11) is 1.38. The molecule has 2 aromatic heterocycles. The first-order valence-corrected chi connectivity index (χ1v) is 10.4. The first-order valence-electron chi connectivity index (χ1n) is 10.4. The Labute approximate surface area is 194 Å². The maximum absolute atomic E-state index is 13.1. The van der Waals surface area contributed by atoms with Crippen molar-refractivity contribution >= 4 is 23.2 Å². The van der Waals surface area contributed by atoms with Gasteiger partial charge in [0.05, 0.1) is 6.54 Å². The Morgan fingerprint density at radius 1 is 1.00 bits per heavy atom. The molecule has 0 saturated carbocycles. The number of Topliss-reactive ketones (excluding diaryl/α,β-unsaturated/α-hetero) is 1. The van der Waals surface area contributed by atoms with Gasteiger partial charge in [0.1, 0.15) is 11.6 Å². The number of nitrogens with zero attached hydrogens (tertiary/aromatic N) is 2. The standard InChI is InChI=1S/C25H22N4O5/c1-15(30)17-8-10-18(11-9-17)19-12-13-20(34-19)24(32)28(2)21-22(26)29(25(33)27-23(21)31)14-16-6-4-3-5-7-16/h3-13H,14,26H2,1-2H3,(H,27,31,33). The maximum atomic E-state index is 13.1. The Morgan fingerprint density at radius 3 is 2.32 bits per heavy atom. The molecule has 9 nitrogen and oxygen atoms in total. The highest BCUT2D eigenvalue weighted by Gasteiger charge is 2.24. The Morgan fingerprint density at radius 2 is 1.68 bits per heavy atom. The van der Waals surface area contributed by atoms with Crippen LogP contribution >= 0.6 is 0 Å². The highest BCUT2D eigenvalue weighted by Crippen LogP contribution is 2.25. The number of benzene rings is 2. The number of aromatic nitrogens is 2. The molecule has 0 atom stereocenters. The highest BCUT2D eigenvalue weighted by atomic mass is 16.4. The van der Waals surface area contributed by atoms with Crippen LogP contribution in [0, 0.1) is 0 Å². The van der Waals surface area contributed by atoms with Crippen molar-refractivity contribution in [1.29, 1.82) is 0 Å². The van der Waals surface area contributed by atoms with Gasteiger partial charge < -0.3 is 15.1 Å². The van der Waals surface area contributed by atoms with Crippen LogP contribution in [-0.2, 0) is 6.54 Å². The number of aromatic amines is 1. The third kappa shape index (κ3) is 4.31. The van der Waals surface area contributed by atoms with Crippen LogP contribution in [0.15, 0.2) is 80.7 Å². The largest absolute Gasteiger partial charge is 0.451 e. The monoisotopic (exact) mass is 458 g/mol. The number of anilines is 2. The summed E-state index contributed by atoms with van der Waals surface area (Å²) < 4.78 is 6.90. The summed E-state index contributed by atoms with van der Waals surface area (Å²) in [5, 5.41) is 0. The van der Waals surface area contributed by atoms with Crippen molar-refractivity contribution in [3.63, 3.8) is 0 Å². The molecule has 4 rings (SSSR count). The number of hydrogen-bond acceptors (Lipinski definition) is 6. The third-order valence-corrected chi connectivity index (χ3v) is 5.43. The van der Waals surface area contributed by atoms with Crippen LogP contribution in [0.1, 0.15) is 33.4 Å². The Kier molecular flexibility index (Phi) is 6.01. The minimum absolute atomic E-state index is 0.0206. The molecule has 0 aliphatic rings. The van der Waals surface area contributed by atoms with Gasteiger partial charge >= 0.3 is 5.69 Å². The number of rotatable bonds is 6. The van der Waals surface area contributed by atoms with E-state index in [0.29, 0.717) is 16.9 Å². The molecule has 0 spiro atoms. The molecule has 0 radical (unpaired) electrons. The van der Waals surface area contributed by atoms with E-state index in [0.717, 1.165) is 10.5 Å². The second-order valence-electron chi connectivity index (χ2n) is 7.73. The molecule has 34 heavy (non-hydrogen) atoms. The smallest absolute Gasteiger partial charge is 0.330 e. The summed E-state index contributed by atoms with van der Waals surface area (Å²) in [6.45, 7) is 1.60. The number of H-pyrrole nitrogens is 1. The van der Waals surface area contributed by atoms with Gasteiger partial charge in [-0.25, -0.2) is 4.79 Å². The lowest BCUT2D eigenvalue weighted by Crippen LogP contribution is -2.39. The lowest BCUT2D eigenvalue weighted by molar-refractivity contribution is 0.0966. The molecule has 3 N–H and O–H groups in total. The van der Waals surface area contributed by atoms with Gasteiger partial charge in [0.25, 0.3) is 11.5 Å². The summed E-state index contributed by atoms with van der Waals surface area (Å²) in [5.41, 5.74) is 6.60. The van der Waals surface area contributed by atoms with E-state index in [1.165, 1.54) is 24.6 Å². The van der Waals surface area contributed by atoms with Crippen LogP contribution in [0.3, 0.4) is 0 Å². The SMILES string of the molecule is CC(=O)c1ccc(-c2ccc(C(=O)N(C)c3c(N)n(Cc4ccccc4)c(=O)[nH]c3=O)o2)cc1. The summed E-state index contributed by atoms with van der Waals surface area (Å²) in [6, 6.07) is 19.0. The van der Waals surface area contributed by atoms with Gasteiger partial charge in [0.2, 0.25) is 0 Å². The van der Waals surface area contributed by atoms with E-state index in [2.05, 4.69) is 4.98 Å². The number of nitrogens with two attached hydrogens (primary N) is 1. The van der Waals surface area contributed by atoms with Gasteiger partial charge in [-0.15, -0.1) is 0 Å². The van der Waals surface area contributed by atoms with Crippen molar-refractivity contribution in [3.8, 4) is 11.3 Å². The molecule has 1 amide bonds. The minimum Gasteiger partial charge on any atom is -0.451 e. The van der Waals surface area contributed by atoms with E-state index in [1.807, 2.05) is 30.3 Å². The molecule has 0 saturated heterocycles. The number of ketones is 1. The number of hydrogen-bond donors (Lipinski definition) is 2. The summed E-state index contributed by atoms with van der Waals surface area (Å²) in [4.78, 5) is 52.8. The van der Waals surface area contributed by atoms with Crippen LogP contribution in [0.5, 0.6) is 0 Å². The number of nitrogens with one attached hydrogen (secondary N) is 1. The zero-order valence-corrected chi connectivity index (χ0v) is 18.6. The van der Waals surface area contributed by atoms with Gasteiger partial charge in [-0.3, -0.25) is 23.9 Å². The van der Waals surface area contributed by atoms with E-state index in [1.54, 1.807) is 30.3 Å². The zero-order valence-electron chi connectivity index (χ0n) is 18.6. The highest BCUT2D eigenvalue weighted by molar-refractivity contribution is 6.05. The van der Waals surface area contributed by atoms with Crippen molar-refractivity contribution in [2.24, 2.45) is 0 Å². The number of carbonyl (C=O) groups is 2. The van der Waals surface area contributed by atoms with Crippen LogP contribution < -0.4 is 21.9 Å². The first kappa shape index (κ1) is 22.5. The van der Waals surface area contributed by atoms with Gasteiger partial charge in [0, 0.05) is 18.2 Å². The van der Waals surface area contributed by atoms with Crippen LogP contribution in [-0.4, -0.2) is 28.3 Å². The van der Waals surface area contributed by atoms with Gasteiger partial charge in [-0.2, -0.15) is 0 Å². The molecule has 0 aliphatic carbocycles. The Balaban J connectivity index is 1.64. The number of carbonyl (C=O) groups excluding carboxylic acids is 2. The summed E-state index contributed by atoms with van der Waals surface area (Å²) in [5.74, 6) is -0.413. The molecule has 0 unspecified atom stereocenters. The van der Waals surface area contributed by atoms with Crippen LogP contribution in [0.25, 0.3) is 11.3 Å². The molecular weight excluding hydrogens is 436 g/mol. The van der Waals surface area contributed by atoms with E-state index >= 15 is 0 Å². The van der Waals surface area contributed by atoms with Crippen molar-refractivity contribution in [3.05, 3.63) is 104 Å². The number of nitrogen functional groups attached to an aromatic ring is 1. The van der Waals surface area contributed by atoms with Gasteiger partial charge in [-0.05, 0) is 24.6 Å². The molecule has 0 fully saturated rings. The topological polar surface area (TPSA) is 131 Å². The van der Waals surface area contributed by atoms with E-state index < -0.39 is 17.2 Å². The molecular formula is C25H22N4O5. The fourth-order valence-corrected chi connectivity index (χ4v) is 3.57. The fraction of sp³-hybridized carbons (Fsp3) is 0.120. The molecule has 4 aromatic rings. The molecule has 172 valence electrons. The lowest BCUT2D eigenvalue weighted by atomic mass is 10.1. The molecule has 0 bridgehead atoms. The second kappa shape index (κ2) is 9.07. The number of amides is 1. The predicted molar refractivity (Wildman–Crippen MR) is 128 cm³/mol. The van der Waals surface area contributed by atoms with Crippen molar-refractivity contribution in [1.82, 2.24) is 9.55 Å². The normalized spacial score (nSPS) is 10.8. The molecule has 9 heteroatoms. The Bertz CT molecular complexity index is 1480. The zero-order chi connectivity index (χ0) is 24.4. The van der Waals surface area contributed by atoms with Crippen molar-refractivity contribution in [2.45, 2.75) is 13.5 Å².